The Morgan fingerprint density at radius 3 is 2.31 bits per heavy atom. The second-order valence-electron chi connectivity index (χ2n) is 3.37. The lowest BCUT2D eigenvalue weighted by Gasteiger charge is -2.10. The molecule has 82 valence electrons. The van der Waals surface area contributed by atoms with Crippen molar-refractivity contribution >= 4 is 40.4 Å². The van der Waals surface area contributed by atoms with E-state index < -0.39 is 19.1 Å². The minimum atomic E-state index is -0.931. The van der Waals surface area contributed by atoms with Gasteiger partial charge in [-0.2, -0.15) is 0 Å². The van der Waals surface area contributed by atoms with Crippen molar-refractivity contribution in [2.24, 2.45) is 0 Å². The molecule has 1 aromatic carbocycles. The van der Waals surface area contributed by atoms with Crippen LogP contribution >= 0.6 is 15.9 Å². The van der Waals surface area contributed by atoms with E-state index in [0.717, 1.165) is 4.47 Å². The Labute approximate surface area is 101 Å². The Morgan fingerprint density at radius 2 is 1.75 bits per heavy atom. The van der Waals surface area contributed by atoms with E-state index in [1.54, 1.807) is 18.2 Å². The molecule has 0 spiro atoms. The molecule has 0 unspecified atom stereocenters. The predicted octanol–water partition coefficient (Wildman–Crippen LogP) is 1.02. The molecule has 1 aliphatic heterocycles. The minimum Gasteiger partial charge on any atom is -0.495 e. The highest BCUT2D eigenvalue weighted by molar-refractivity contribution is 9.10. The van der Waals surface area contributed by atoms with E-state index in [1.165, 1.54) is 0 Å². The third kappa shape index (κ3) is 2.63. The van der Waals surface area contributed by atoms with E-state index in [1.807, 2.05) is 6.07 Å². The number of benzene rings is 1. The summed E-state index contributed by atoms with van der Waals surface area (Å²) in [4.78, 5) is 22.5. The number of hydrogen-bond donors (Lipinski definition) is 0. The third-order valence-corrected chi connectivity index (χ3v) is 2.62. The maximum absolute atomic E-state index is 11.2. The van der Waals surface area contributed by atoms with E-state index in [4.69, 9.17) is 9.31 Å². The summed E-state index contributed by atoms with van der Waals surface area (Å²) in [6.07, 6.45) is 0.146. The maximum Gasteiger partial charge on any atom is 0.636 e. The van der Waals surface area contributed by atoms with Gasteiger partial charge in [-0.1, -0.05) is 28.1 Å². The molecule has 1 fully saturated rings. The molecule has 0 aromatic heterocycles. The number of carbonyl (C=O) groups is 2. The highest BCUT2D eigenvalue weighted by Gasteiger charge is 2.33. The highest BCUT2D eigenvalue weighted by Crippen LogP contribution is 2.10. The van der Waals surface area contributed by atoms with Crippen molar-refractivity contribution in [1.82, 2.24) is 0 Å². The second-order valence-corrected chi connectivity index (χ2v) is 4.28. The Balaban J connectivity index is 2.24. The zero-order chi connectivity index (χ0) is 11.5. The van der Waals surface area contributed by atoms with Gasteiger partial charge < -0.3 is 9.31 Å². The molecule has 6 heteroatoms. The summed E-state index contributed by atoms with van der Waals surface area (Å²) in [6, 6.07) is 7.10. The molecule has 0 bridgehead atoms. The molecule has 0 amide bonds. The van der Waals surface area contributed by atoms with Gasteiger partial charge in [-0.3, -0.25) is 9.59 Å². The summed E-state index contributed by atoms with van der Waals surface area (Å²) in [5, 5.41) is 0. The molecule has 16 heavy (non-hydrogen) atoms. The van der Waals surface area contributed by atoms with Crippen LogP contribution in [0.2, 0.25) is 0 Å². The summed E-state index contributed by atoms with van der Waals surface area (Å²) in [5.74, 6) is -0.841. The van der Waals surface area contributed by atoms with Crippen LogP contribution in [0.4, 0.5) is 0 Å². The Bertz CT molecular complexity index is 417. The number of carbonyl (C=O) groups excluding carboxylic acids is 2. The first-order chi connectivity index (χ1) is 7.65. The van der Waals surface area contributed by atoms with Crippen LogP contribution in [0.1, 0.15) is 12.8 Å². The van der Waals surface area contributed by atoms with Crippen LogP contribution in [0.5, 0.6) is 0 Å². The molecule has 0 saturated carbocycles. The van der Waals surface area contributed by atoms with Gasteiger partial charge in [0, 0.05) is 9.94 Å². The van der Waals surface area contributed by atoms with E-state index in [2.05, 4.69) is 15.9 Å². The molecule has 4 nitrogen and oxygen atoms in total. The molecular weight excluding hydrogens is 275 g/mol. The largest absolute Gasteiger partial charge is 0.636 e. The van der Waals surface area contributed by atoms with Gasteiger partial charge in [0.15, 0.2) is 0 Å². The van der Waals surface area contributed by atoms with Crippen LogP contribution < -0.4 is 5.46 Å². The van der Waals surface area contributed by atoms with Crippen LogP contribution in [-0.4, -0.2) is 19.1 Å². The van der Waals surface area contributed by atoms with E-state index in [9.17, 15) is 9.59 Å². The summed E-state index contributed by atoms with van der Waals surface area (Å²) in [6.45, 7) is 0. The fraction of sp³-hybridized carbons (Fsp3) is 0.200. The zero-order valence-electron chi connectivity index (χ0n) is 8.31. The van der Waals surface area contributed by atoms with Crippen molar-refractivity contribution in [3.63, 3.8) is 0 Å². The first-order valence-corrected chi connectivity index (χ1v) is 5.59. The summed E-state index contributed by atoms with van der Waals surface area (Å²) in [7, 11) is -0.931. The topological polar surface area (TPSA) is 52.6 Å². The smallest absolute Gasteiger partial charge is 0.495 e. The molecule has 0 radical (unpaired) electrons. The molecule has 2 rings (SSSR count). The molecule has 0 N–H and O–H groups in total. The van der Waals surface area contributed by atoms with Crippen LogP contribution in [0.25, 0.3) is 0 Å². The van der Waals surface area contributed by atoms with Crippen LogP contribution in [0.3, 0.4) is 0 Å². The van der Waals surface area contributed by atoms with Crippen LogP contribution in [0.15, 0.2) is 28.7 Å². The van der Waals surface area contributed by atoms with Gasteiger partial charge in [0.25, 0.3) is 11.9 Å². The average Bonchev–Trinajstić information content (AvgIpc) is 2.41. The molecule has 1 aromatic rings. The lowest BCUT2D eigenvalue weighted by molar-refractivity contribution is -0.135. The minimum absolute atomic E-state index is 0.0728. The monoisotopic (exact) mass is 282 g/mol. The lowest BCUT2D eigenvalue weighted by Crippen LogP contribution is -2.38. The quantitative estimate of drug-likeness (QED) is 0.722. The standard InChI is InChI=1S/C10H8BBrO4/c12-8-3-1-2-7(6-8)11-15-9(13)4-5-10(14)16-11/h1-3,6H,4-5H2. The van der Waals surface area contributed by atoms with Crippen LogP contribution in [0, 0.1) is 0 Å². The average molecular weight is 283 g/mol. The first kappa shape index (κ1) is 11.2. The zero-order valence-corrected chi connectivity index (χ0v) is 9.90. The van der Waals surface area contributed by atoms with Crippen molar-refractivity contribution in [3.8, 4) is 0 Å². The normalized spacial score (nSPS) is 16.4. The molecule has 1 aliphatic rings. The van der Waals surface area contributed by atoms with Gasteiger partial charge >= 0.3 is 7.12 Å². The number of rotatable bonds is 1. The maximum atomic E-state index is 11.2. The first-order valence-electron chi connectivity index (χ1n) is 4.79. The van der Waals surface area contributed by atoms with Crippen molar-refractivity contribution in [1.29, 1.82) is 0 Å². The van der Waals surface area contributed by atoms with Gasteiger partial charge in [-0.05, 0) is 12.1 Å². The molecular formula is C10H8BBrO4. The fourth-order valence-electron chi connectivity index (χ4n) is 1.37. The number of halogens is 1. The molecule has 0 atom stereocenters. The predicted molar refractivity (Wildman–Crippen MR) is 60.9 cm³/mol. The van der Waals surface area contributed by atoms with E-state index in [-0.39, 0.29) is 12.8 Å². The molecule has 1 heterocycles. The van der Waals surface area contributed by atoms with Gasteiger partial charge in [-0.25, -0.2) is 0 Å². The van der Waals surface area contributed by atoms with Gasteiger partial charge in [0.05, 0.1) is 12.8 Å². The van der Waals surface area contributed by atoms with Crippen molar-refractivity contribution < 1.29 is 18.9 Å². The number of hydrogen-bond acceptors (Lipinski definition) is 4. The second kappa shape index (κ2) is 4.70. The van der Waals surface area contributed by atoms with Gasteiger partial charge in [0.1, 0.15) is 0 Å². The molecule has 1 saturated heterocycles. The summed E-state index contributed by atoms with van der Waals surface area (Å²) < 4.78 is 10.9. The summed E-state index contributed by atoms with van der Waals surface area (Å²) in [5.41, 5.74) is 0.637. The lowest BCUT2D eigenvalue weighted by atomic mass is 9.79. The van der Waals surface area contributed by atoms with E-state index >= 15 is 0 Å². The Morgan fingerprint density at radius 1 is 1.12 bits per heavy atom. The fourth-order valence-corrected chi connectivity index (χ4v) is 1.79. The highest BCUT2D eigenvalue weighted by atomic mass is 79.9. The van der Waals surface area contributed by atoms with Crippen LogP contribution in [-0.2, 0) is 18.9 Å². The Hall–Kier alpha value is -1.30. The Kier molecular flexibility index (Phi) is 3.29. The van der Waals surface area contributed by atoms with Crippen molar-refractivity contribution in [2.75, 3.05) is 0 Å². The van der Waals surface area contributed by atoms with Crippen molar-refractivity contribution in [2.45, 2.75) is 12.8 Å². The van der Waals surface area contributed by atoms with Crippen molar-refractivity contribution in [3.05, 3.63) is 28.7 Å². The SMILES string of the molecule is O=C1CCC(=O)OB(c2cccc(Br)c2)O1. The van der Waals surface area contributed by atoms with Gasteiger partial charge in [-0.15, -0.1) is 0 Å². The third-order valence-electron chi connectivity index (χ3n) is 2.13. The van der Waals surface area contributed by atoms with E-state index in [0.29, 0.717) is 5.46 Å². The molecule has 0 aliphatic carbocycles. The van der Waals surface area contributed by atoms with Gasteiger partial charge in [0.2, 0.25) is 0 Å². The summed E-state index contributed by atoms with van der Waals surface area (Å²) >= 11 is 3.30.